The molecule has 0 heterocycles. The Morgan fingerprint density at radius 2 is 1.67 bits per heavy atom. The Morgan fingerprint density at radius 1 is 1.10 bits per heavy atom. The number of nitrogens with one attached hydrogen (secondary N) is 2. The van der Waals surface area contributed by atoms with Crippen LogP contribution in [0.3, 0.4) is 0 Å². The van der Waals surface area contributed by atoms with Crippen LogP contribution in [0.4, 0.5) is 10.5 Å². The van der Waals surface area contributed by atoms with Gasteiger partial charge in [0.2, 0.25) is 0 Å². The molecule has 1 atom stereocenters. The van der Waals surface area contributed by atoms with Gasteiger partial charge in [-0.3, -0.25) is 9.59 Å². The predicted octanol–water partition coefficient (Wildman–Crippen LogP) is -0.165. The lowest BCUT2D eigenvalue weighted by atomic mass is 10.1. The molecule has 0 unspecified atom stereocenters. The molecule has 3 amide bonds. The van der Waals surface area contributed by atoms with Gasteiger partial charge < -0.3 is 26.6 Å². The molecule has 112 valence electrons. The zero-order valence-corrected chi connectivity index (χ0v) is 10.7. The second-order valence-corrected chi connectivity index (χ2v) is 4.03. The summed E-state index contributed by atoms with van der Waals surface area (Å²) in [5, 5.41) is 21.8. The van der Waals surface area contributed by atoms with Gasteiger partial charge in [0.1, 0.15) is 6.04 Å². The number of carbonyl (C=O) groups is 4. The zero-order chi connectivity index (χ0) is 16.0. The van der Waals surface area contributed by atoms with Gasteiger partial charge in [-0.2, -0.15) is 0 Å². The minimum absolute atomic E-state index is 0.113. The van der Waals surface area contributed by atoms with Gasteiger partial charge in [0.25, 0.3) is 5.91 Å². The predicted molar refractivity (Wildman–Crippen MR) is 70.8 cm³/mol. The number of carboxylic acids is 2. The van der Waals surface area contributed by atoms with Crippen molar-refractivity contribution >= 4 is 29.6 Å². The summed E-state index contributed by atoms with van der Waals surface area (Å²) >= 11 is 0. The van der Waals surface area contributed by atoms with Crippen molar-refractivity contribution in [2.24, 2.45) is 5.73 Å². The molecule has 0 fully saturated rings. The number of primary amides is 1. The third-order valence-electron chi connectivity index (χ3n) is 2.40. The van der Waals surface area contributed by atoms with E-state index in [2.05, 4.69) is 10.6 Å². The second kappa shape index (κ2) is 6.89. The summed E-state index contributed by atoms with van der Waals surface area (Å²) in [6, 6.07) is 3.16. The fourth-order valence-electron chi connectivity index (χ4n) is 1.46. The lowest BCUT2D eigenvalue weighted by Crippen LogP contribution is -2.42. The second-order valence-electron chi connectivity index (χ2n) is 4.03. The summed E-state index contributed by atoms with van der Waals surface area (Å²) < 4.78 is 0. The number of hydrogen-bond acceptors (Lipinski definition) is 4. The van der Waals surface area contributed by atoms with E-state index in [9.17, 15) is 19.2 Å². The van der Waals surface area contributed by atoms with E-state index < -0.39 is 36.3 Å². The third kappa shape index (κ3) is 5.19. The Morgan fingerprint density at radius 3 is 2.10 bits per heavy atom. The van der Waals surface area contributed by atoms with E-state index in [0.717, 1.165) is 0 Å². The van der Waals surface area contributed by atoms with Gasteiger partial charge in [0, 0.05) is 11.3 Å². The van der Waals surface area contributed by atoms with Crippen LogP contribution in [0.2, 0.25) is 0 Å². The molecule has 0 bridgehead atoms. The van der Waals surface area contributed by atoms with Crippen LogP contribution in [-0.2, 0) is 9.59 Å². The van der Waals surface area contributed by atoms with Gasteiger partial charge in [0.15, 0.2) is 0 Å². The maximum Gasteiger partial charge on any atom is 0.326 e. The van der Waals surface area contributed by atoms with Crippen LogP contribution >= 0.6 is 0 Å². The fourth-order valence-corrected chi connectivity index (χ4v) is 1.46. The van der Waals surface area contributed by atoms with Crippen LogP contribution < -0.4 is 16.4 Å². The quantitative estimate of drug-likeness (QED) is 0.490. The van der Waals surface area contributed by atoms with Crippen LogP contribution in [0.5, 0.6) is 0 Å². The summed E-state index contributed by atoms with van der Waals surface area (Å²) in [6.45, 7) is 0. The van der Waals surface area contributed by atoms with Crippen molar-refractivity contribution in [2.45, 2.75) is 12.5 Å². The molecule has 0 radical (unpaired) electrons. The maximum absolute atomic E-state index is 11.8. The molecular weight excluding hydrogens is 282 g/mol. The summed E-state index contributed by atoms with van der Waals surface area (Å²) in [6.07, 6.45) is -0.734. The van der Waals surface area contributed by atoms with Crippen molar-refractivity contribution in [3.05, 3.63) is 29.8 Å². The van der Waals surface area contributed by atoms with Gasteiger partial charge in [-0.25, -0.2) is 9.59 Å². The average Bonchev–Trinajstić information content (AvgIpc) is 2.37. The van der Waals surface area contributed by atoms with Crippen molar-refractivity contribution < 1.29 is 29.4 Å². The molecule has 9 heteroatoms. The number of benzene rings is 1. The summed E-state index contributed by atoms with van der Waals surface area (Å²) in [5.41, 5.74) is 5.39. The van der Waals surface area contributed by atoms with Crippen molar-refractivity contribution in [1.29, 1.82) is 0 Å². The van der Waals surface area contributed by atoms with E-state index in [-0.39, 0.29) is 5.56 Å². The molecule has 0 saturated heterocycles. The van der Waals surface area contributed by atoms with E-state index in [4.69, 9.17) is 15.9 Å². The number of hydrogen-bond donors (Lipinski definition) is 5. The van der Waals surface area contributed by atoms with E-state index in [0.29, 0.717) is 5.69 Å². The van der Waals surface area contributed by atoms with Crippen LogP contribution in [0.15, 0.2) is 24.3 Å². The monoisotopic (exact) mass is 295 g/mol. The molecule has 0 aliphatic rings. The van der Waals surface area contributed by atoms with Gasteiger partial charge in [-0.1, -0.05) is 0 Å². The lowest BCUT2D eigenvalue weighted by Gasteiger charge is -2.12. The average molecular weight is 295 g/mol. The smallest absolute Gasteiger partial charge is 0.326 e. The normalized spacial score (nSPS) is 11.2. The number of nitrogens with two attached hydrogens (primary N) is 1. The van der Waals surface area contributed by atoms with Gasteiger partial charge in [-0.05, 0) is 24.3 Å². The first kappa shape index (κ1) is 16.0. The van der Waals surface area contributed by atoms with Gasteiger partial charge in [-0.15, -0.1) is 0 Å². The van der Waals surface area contributed by atoms with Gasteiger partial charge >= 0.3 is 18.0 Å². The highest BCUT2D eigenvalue weighted by atomic mass is 16.4. The molecule has 0 saturated carbocycles. The summed E-state index contributed by atoms with van der Waals surface area (Å²) in [5.74, 6) is -3.53. The number of anilines is 1. The lowest BCUT2D eigenvalue weighted by molar-refractivity contribution is -0.145. The first-order valence-electron chi connectivity index (χ1n) is 5.71. The van der Waals surface area contributed by atoms with Crippen LogP contribution in [0.25, 0.3) is 0 Å². The topological polar surface area (TPSA) is 159 Å². The standard InChI is InChI=1S/C12H13N3O6/c13-12(21)14-7-3-1-6(2-4-7)10(18)15-8(11(19)20)5-9(16)17/h1-4,8H,5H2,(H,15,18)(H,16,17)(H,19,20)(H3,13,14,21)/t8-/m1/s1. The van der Waals surface area contributed by atoms with E-state index in [1.165, 1.54) is 24.3 Å². The Balaban J connectivity index is 2.76. The zero-order valence-electron chi connectivity index (χ0n) is 10.7. The summed E-state index contributed by atoms with van der Waals surface area (Å²) in [4.78, 5) is 43.8. The van der Waals surface area contributed by atoms with Crippen molar-refractivity contribution in [2.75, 3.05) is 5.32 Å². The highest BCUT2D eigenvalue weighted by Crippen LogP contribution is 2.09. The highest BCUT2D eigenvalue weighted by molar-refractivity contribution is 5.98. The largest absolute Gasteiger partial charge is 0.481 e. The van der Waals surface area contributed by atoms with Crippen molar-refractivity contribution in [3.63, 3.8) is 0 Å². The Bertz CT molecular complexity index is 569. The number of carbonyl (C=O) groups excluding carboxylic acids is 2. The molecular formula is C12H13N3O6. The molecule has 0 spiro atoms. The van der Waals surface area contributed by atoms with Crippen molar-refractivity contribution in [1.82, 2.24) is 5.32 Å². The van der Waals surface area contributed by atoms with Crippen LogP contribution in [0, 0.1) is 0 Å². The number of aliphatic carboxylic acids is 2. The molecule has 0 aliphatic heterocycles. The molecule has 0 aliphatic carbocycles. The van der Waals surface area contributed by atoms with E-state index in [1.54, 1.807) is 0 Å². The van der Waals surface area contributed by atoms with E-state index >= 15 is 0 Å². The Labute approximate surface area is 118 Å². The first-order valence-corrected chi connectivity index (χ1v) is 5.71. The molecule has 0 aromatic heterocycles. The Hall–Kier alpha value is -3.10. The fraction of sp³-hybridized carbons (Fsp3) is 0.167. The molecule has 21 heavy (non-hydrogen) atoms. The molecule has 1 aromatic rings. The Kier molecular flexibility index (Phi) is 5.24. The highest BCUT2D eigenvalue weighted by Gasteiger charge is 2.23. The van der Waals surface area contributed by atoms with Gasteiger partial charge in [0.05, 0.1) is 6.42 Å². The maximum atomic E-state index is 11.8. The third-order valence-corrected chi connectivity index (χ3v) is 2.40. The van der Waals surface area contributed by atoms with Crippen LogP contribution in [-0.4, -0.2) is 40.1 Å². The molecule has 9 nitrogen and oxygen atoms in total. The minimum Gasteiger partial charge on any atom is -0.481 e. The number of amides is 3. The molecule has 6 N–H and O–H groups in total. The van der Waals surface area contributed by atoms with Crippen LogP contribution in [0.1, 0.15) is 16.8 Å². The first-order chi connectivity index (χ1) is 9.79. The minimum atomic E-state index is -1.53. The number of urea groups is 1. The number of carboxylic acid groups (broad SMARTS) is 2. The number of rotatable bonds is 6. The van der Waals surface area contributed by atoms with E-state index in [1.807, 2.05) is 0 Å². The SMILES string of the molecule is NC(=O)Nc1ccc(C(=O)N[C@H](CC(=O)O)C(=O)O)cc1. The van der Waals surface area contributed by atoms with Crippen molar-refractivity contribution in [3.8, 4) is 0 Å². The summed E-state index contributed by atoms with van der Waals surface area (Å²) in [7, 11) is 0. The molecule has 1 rings (SSSR count). The molecule has 1 aromatic carbocycles.